The molecule has 1 heterocycles. The van der Waals surface area contributed by atoms with E-state index in [4.69, 9.17) is 0 Å². The number of hydrogen-bond donors (Lipinski definition) is 1. The monoisotopic (exact) mass is 279 g/mol. The van der Waals surface area contributed by atoms with Crippen molar-refractivity contribution in [3.63, 3.8) is 0 Å². The lowest BCUT2D eigenvalue weighted by Gasteiger charge is -2.08. The molecule has 1 amide bonds. The van der Waals surface area contributed by atoms with Crippen molar-refractivity contribution in [2.45, 2.75) is 19.8 Å². The fourth-order valence-electron chi connectivity index (χ4n) is 2.59. The minimum atomic E-state index is -0.0824. The number of amides is 1. The first-order valence-electron chi connectivity index (χ1n) is 7.17. The highest BCUT2D eigenvalue weighted by Crippen LogP contribution is 2.19. The highest BCUT2D eigenvalue weighted by molar-refractivity contribution is 6.10. The quantitative estimate of drug-likeness (QED) is 0.859. The molecule has 0 radical (unpaired) electrons. The summed E-state index contributed by atoms with van der Waals surface area (Å²) < 4.78 is 0. The van der Waals surface area contributed by atoms with Crippen LogP contribution in [-0.2, 0) is 6.42 Å². The van der Waals surface area contributed by atoms with Crippen molar-refractivity contribution >= 4 is 11.7 Å². The molecule has 0 fully saturated rings. The van der Waals surface area contributed by atoms with Crippen molar-refractivity contribution in [1.82, 2.24) is 5.32 Å². The van der Waals surface area contributed by atoms with Gasteiger partial charge < -0.3 is 5.32 Å². The van der Waals surface area contributed by atoms with Crippen LogP contribution in [0.2, 0.25) is 0 Å². The second-order valence-corrected chi connectivity index (χ2v) is 5.43. The summed E-state index contributed by atoms with van der Waals surface area (Å²) in [5, 5.41) is 2.86. The number of rotatable bonds is 2. The van der Waals surface area contributed by atoms with Crippen LogP contribution in [0.15, 0.2) is 42.5 Å². The van der Waals surface area contributed by atoms with Crippen molar-refractivity contribution in [1.29, 1.82) is 0 Å². The van der Waals surface area contributed by atoms with Gasteiger partial charge in [-0.3, -0.25) is 9.59 Å². The largest absolute Gasteiger partial charge is 0.352 e. The van der Waals surface area contributed by atoms with Gasteiger partial charge in [0.2, 0.25) is 0 Å². The first-order chi connectivity index (χ1) is 10.1. The number of ketones is 1. The Morgan fingerprint density at radius 1 is 1.05 bits per heavy atom. The zero-order valence-corrected chi connectivity index (χ0v) is 12.0. The molecule has 0 saturated carbocycles. The predicted molar refractivity (Wildman–Crippen MR) is 81.7 cm³/mol. The topological polar surface area (TPSA) is 46.2 Å². The Morgan fingerprint density at radius 2 is 1.76 bits per heavy atom. The Hall–Kier alpha value is -2.42. The molecule has 1 aliphatic rings. The van der Waals surface area contributed by atoms with E-state index in [1.165, 1.54) is 0 Å². The van der Waals surface area contributed by atoms with Crippen molar-refractivity contribution < 1.29 is 9.59 Å². The Bertz CT molecular complexity index is 702. The molecule has 0 saturated heterocycles. The molecule has 0 atom stereocenters. The molecule has 0 unspecified atom stereocenters. The molecular weight excluding hydrogens is 262 g/mol. The molecule has 1 aliphatic heterocycles. The summed E-state index contributed by atoms with van der Waals surface area (Å²) in [5.41, 5.74) is 3.98. The minimum Gasteiger partial charge on any atom is -0.352 e. The van der Waals surface area contributed by atoms with E-state index in [1.807, 2.05) is 43.3 Å². The fourth-order valence-corrected chi connectivity index (χ4v) is 2.59. The minimum absolute atomic E-state index is 0.0464. The van der Waals surface area contributed by atoms with Crippen LogP contribution in [0.25, 0.3) is 0 Å². The van der Waals surface area contributed by atoms with Gasteiger partial charge in [-0.15, -0.1) is 0 Å². The molecule has 1 N–H and O–H groups in total. The van der Waals surface area contributed by atoms with Gasteiger partial charge in [-0.25, -0.2) is 0 Å². The zero-order valence-electron chi connectivity index (χ0n) is 12.0. The van der Waals surface area contributed by atoms with Gasteiger partial charge in [0, 0.05) is 23.2 Å². The van der Waals surface area contributed by atoms with Crippen molar-refractivity contribution in [2.24, 2.45) is 0 Å². The van der Waals surface area contributed by atoms with Crippen LogP contribution < -0.4 is 5.32 Å². The van der Waals surface area contributed by atoms with Crippen molar-refractivity contribution in [2.75, 3.05) is 6.54 Å². The SMILES string of the molecule is Cc1ccc(C(=O)c2ccc3c(c2)C(=O)NCCC3)cc1. The highest BCUT2D eigenvalue weighted by Gasteiger charge is 2.18. The molecule has 0 spiro atoms. The maximum Gasteiger partial charge on any atom is 0.251 e. The molecular formula is C18H17NO2. The van der Waals surface area contributed by atoms with Gasteiger partial charge in [0.1, 0.15) is 0 Å². The average Bonchev–Trinajstić information content (AvgIpc) is 2.69. The fraction of sp³-hybridized carbons (Fsp3) is 0.222. The Balaban J connectivity index is 1.98. The van der Waals surface area contributed by atoms with Gasteiger partial charge >= 0.3 is 0 Å². The van der Waals surface area contributed by atoms with Gasteiger partial charge in [0.25, 0.3) is 5.91 Å². The first kappa shape index (κ1) is 13.6. The maximum atomic E-state index is 12.5. The van der Waals surface area contributed by atoms with Gasteiger partial charge in [-0.2, -0.15) is 0 Å². The Kier molecular flexibility index (Phi) is 3.57. The molecule has 0 aliphatic carbocycles. The molecule has 0 bridgehead atoms. The van der Waals surface area contributed by atoms with Crippen molar-refractivity contribution in [3.8, 4) is 0 Å². The number of hydrogen-bond acceptors (Lipinski definition) is 2. The molecule has 2 aromatic rings. The van der Waals surface area contributed by atoms with E-state index in [0.29, 0.717) is 23.2 Å². The van der Waals surface area contributed by atoms with E-state index in [9.17, 15) is 9.59 Å². The van der Waals surface area contributed by atoms with Crippen molar-refractivity contribution in [3.05, 3.63) is 70.3 Å². The molecule has 0 aromatic heterocycles. The Labute approximate surface area is 124 Å². The van der Waals surface area contributed by atoms with E-state index in [1.54, 1.807) is 6.07 Å². The number of nitrogens with one attached hydrogen (secondary N) is 1. The molecule has 21 heavy (non-hydrogen) atoms. The molecule has 106 valence electrons. The summed E-state index contributed by atoms with van der Waals surface area (Å²) in [6.45, 7) is 2.68. The summed E-state index contributed by atoms with van der Waals surface area (Å²) in [4.78, 5) is 24.5. The van der Waals surface area contributed by atoms with Crippen LogP contribution in [0, 0.1) is 6.92 Å². The van der Waals surface area contributed by atoms with Crippen LogP contribution in [0.4, 0.5) is 0 Å². The number of carbonyl (C=O) groups excluding carboxylic acids is 2. The summed E-state index contributed by atoms with van der Waals surface area (Å²) in [7, 11) is 0. The van der Waals surface area contributed by atoms with Crippen LogP contribution in [-0.4, -0.2) is 18.2 Å². The smallest absolute Gasteiger partial charge is 0.251 e. The zero-order chi connectivity index (χ0) is 14.8. The summed E-state index contributed by atoms with van der Waals surface area (Å²) in [6, 6.07) is 12.9. The van der Waals surface area contributed by atoms with E-state index in [0.717, 1.165) is 24.0 Å². The third-order valence-corrected chi connectivity index (χ3v) is 3.84. The number of fused-ring (bicyclic) bond motifs is 1. The van der Waals surface area contributed by atoms with Crippen LogP contribution in [0.5, 0.6) is 0 Å². The summed E-state index contributed by atoms with van der Waals surface area (Å²) in [6.07, 6.45) is 1.80. The molecule has 2 aromatic carbocycles. The normalized spacial score (nSPS) is 14.0. The average molecular weight is 279 g/mol. The lowest BCUT2D eigenvalue weighted by atomic mass is 9.96. The van der Waals surface area contributed by atoms with E-state index in [-0.39, 0.29) is 11.7 Å². The van der Waals surface area contributed by atoms with Gasteiger partial charge in [0.15, 0.2) is 5.78 Å². The number of carbonyl (C=O) groups is 2. The number of aryl methyl sites for hydroxylation is 2. The highest BCUT2D eigenvalue weighted by atomic mass is 16.1. The lowest BCUT2D eigenvalue weighted by Crippen LogP contribution is -2.22. The second kappa shape index (κ2) is 5.52. The maximum absolute atomic E-state index is 12.5. The van der Waals surface area contributed by atoms with E-state index >= 15 is 0 Å². The Morgan fingerprint density at radius 3 is 2.52 bits per heavy atom. The third-order valence-electron chi connectivity index (χ3n) is 3.84. The third kappa shape index (κ3) is 2.72. The standard InChI is InChI=1S/C18H17NO2/c1-12-4-6-14(7-5-12)17(20)15-9-8-13-3-2-10-19-18(21)16(13)11-15/h4-9,11H,2-3,10H2,1H3,(H,19,21). The summed E-state index contributed by atoms with van der Waals surface area (Å²) >= 11 is 0. The van der Waals surface area contributed by atoms with Crippen LogP contribution >= 0.6 is 0 Å². The van der Waals surface area contributed by atoms with E-state index < -0.39 is 0 Å². The lowest BCUT2D eigenvalue weighted by molar-refractivity contribution is 0.0956. The molecule has 3 rings (SSSR count). The van der Waals surface area contributed by atoms with E-state index in [2.05, 4.69) is 5.32 Å². The molecule has 3 nitrogen and oxygen atoms in total. The van der Waals surface area contributed by atoms with Gasteiger partial charge in [-0.05, 0) is 31.4 Å². The summed E-state index contributed by atoms with van der Waals surface area (Å²) in [5.74, 6) is -0.129. The van der Waals surface area contributed by atoms with Crippen LogP contribution in [0.1, 0.15) is 43.8 Å². The second-order valence-electron chi connectivity index (χ2n) is 5.43. The van der Waals surface area contributed by atoms with Gasteiger partial charge in [-0.1, -0.05) is 42.0 Å². The van der Waals surface area contributed by atoms with Crippen LogP contribution in [0.3, 0.4) is 0 Å². The molecule has 3 heteroatoms. The van der Waals surface area contributed by atoms with Gasteiger partial charge in [0.05, 0.1) is 0 Å². The first-order valence-corrected chi connectivity index (χ1v) is 7.17. The number of benzene rings is 2. The predicted octanol–water partition coefficient (Wildman–Crippen LogP) is 2.90.